The number of halogens is 1. The van der Waals surface area contributed by atoms with Crippen LogP contribution in [0.1, 0.15) is 66.5 Å². The quantitative estimate of drug-likeness (QED) is 0.296. The van der Waals surface area contributed by atoms with Gasteiger partial charge in [-0.1, -0.05) is 11.6 Å². The highest BCUT2D eigenvalue weighted by Crippen LogP contribution is 2.39. The van der Waals surface area contributed by atoms with Gasteiger partial charge in [-0.25, -0.2) is 15.0 Å². The zero-order valence-electron chi connectivity index (χ0n) is 23.0. The first-order valence-corrected chi connectivity index (χ1v) is 13.9. The molecule has 1 amide bonds. The maximum atomic E-state index is 12.9. The first-order valence-electron chi connectivity index (χ1n) is 13.6. The molecule has 1 saturated carbocycles. The van der Waals surface area contributed by atoms with E-state index >= 15 is 0 Å². The van der Waals surface area contributed by atoms with Crippen LogP contribution in [0.3, 0.4) is 0 Å². The molecule has 4 heterocycles. The maximum absolute atomic E-state index is 12.9. The minimum atomic E-state index is -0.677. The van der Waals surface area contributed by atoms with Crippen molar-refractivity contribution in [2.24, 2.45) is 7.05 Å². The van der Waals surface area contributed by atoms with E-state index in [1.807, 2.05) is 44.4 Å². The number of likely N-dealkylation sites (tertiary alicyclic amines) is 1. The molecule has 1 aromatic carbocycles. The molecule has 2 aliphatic rings. The number of aryl methyl sites for hydroxylation is 1. The maximum Gasteiger partial charge on any atom is 0.272 e. The smallest absolute Gasteiger partial charge is 0.272 e. The van der Waals surface area contributed by atoms with Crippen LogP contribution in [0.4, 0.5) is 17.1 Å². The number of carbonyl (C=O) groups is 1. The lowest BCUT2D eigenvalue weighted by Crippen LogP contribution is -2.42. The van der Waals surface area contributed by atoms with Gasteiger partial charge in [0.2, 0.25) is 0 Å². The number of anilines is 3. The number of carbonyl (C=O) groups excluding carboxylic acids is 1. The van der Waals surface area contributed by atoms with E-state index in [1.54, 1.807) is 28.6 Å². The number of rotatable bonds is 7. The van der Waals surface area contributed by atoms with E-state index in [0.717, 1.165) is 17.4 Å². The van der Waals surface area contributed by atoms with Crippen LogP contribution in [-0.2, 0) is 12.6 Å². The number of hydrogen-bond donors (Lipinski definition) is 2. The number of nitrogens with zero attached hydrogens (tertiary/aromatic N) is 6. The molecule has 0 atom stereocenters. The number of fused-ring (bicyclic) bond motifs is 1. The minimum Gasteiger partial charge on any atom is -0.372 e. The zero-order chi connectivity index (χ0) is 28.9. The molecule has 6 rings (SSSR count). The van der Waals surface area contributed by atoms with Crippen molar-refractivity contribution in [2.45, 2.75) is 44.6 Å². The largest absolute Gasteiger partial charge is 0.372 e. The second kappa shape index (κ2) is 10.2. The monoisotopic (exact) mass is 568 g/mol. The molecule has 0 unspecified atom stereocenters. The van der Waals surface area contributed by atoms with Crippen molar-refractivity contribution in [2.75, 3.05) is 23.7 Å². The van der Waals surface area contributed by atoms with Crippen molar-refractivity contribution in [3.05, 3.63) is 80.9 Å². The SMILES string of the molecule is Cn1c(=O)cc(NC(C)(C)c2ncc(C3CC3)cn2)c2cc(Nc3cc(C(=O)N4CCC4)nc(Cl)c3C#N)ccc21. The number of pyridine rings is 2. The lowest BCUT2D eigenvalue weighted by molar-refractivity contribution is 0.0645. The molecule has 2 fully saturated rings. The summed E-state index contributed by atoms with van der Waals surface area (Å²) in [5.74, 6) is 0.962. The molecular weight excluding hydrogens is 540 g/mol. The Morgan fingerprint density at radius 2 is 1.85 bits per heavy atom. The lowest BCUT2D eigenvalue weighted by Gasteiger charge is -2.30. The van der Waals surface area contributed by atoms with Gasteiger partial charge >= 0.3 is 0 Å². The fraction of sp³-hybridized carbons (Fsp3) is 0.333. The van der Waals surface area contributed by atoms with Crippen molar-refractivity contribution in [3.8, 4) is 6.07 Å². The van der Waals surface area contributed by atoms with Crippen molar-refractivity contribution in [1.29, 1.82) is 5.26 Å². The summed E-state index contributed by atoms with van der Waals surface area (Å²) in [7, 11) is 1.72. The fourth-order valence-electron chi connectivity index (χ4n) is 4.99. The molecule has 3 aromatic heterocycles. The van der Waals surface area contributed by atoms with Crippen LogP contribution < -0.4 is 16.2 Å². The molecule has 1 aliphatic heterocycles. The molecule has 1 saturated heterocycles. The third-order valence-corrected chi connectivity index (χ3v) is 7.98. The van der Waals surface area contributed by atoms with Crippen LogP contribution >= 0.6 is 11.6 Å². The number of nitrogens with one attached hydrogen (secondary N) is 2. The molecule has 41 heavy (non-hydrogen) atoms. The van der Waals surface area contributed by atoms with E-state index < -0.39 is 5.54 Å². The average molecular weight is 569 g/mol. The Labute approximate surface area is 242 Å². The lowest BCUT2D eigenvalue weighted by atomic mass is 10.0. The van der Waals surface area contributed by atoms with Crippen LogP contribution in [0.15, 0.2) is 47.5 Å². The van der Waals surface area contributed by atoms with E-state index in [-0.39, 0.29) is 27.9 Å². The van der Waals surface area contributed by atoms with Crippen molar-refractivity contribution < 1.29 is 4.79 Å². The summed E-state index contributed by atoms with van der Waals surface area (Å²) < 4.78 is 1.58. The second-order valence-corrected chi connectivity index (χ2v) is 11.5. The molecule has 2 N–H and O–H groups in total. The second-order valence-electron chi connectivity index (χ2n) is 11.2. The summed E-state index contributed by atoms with van der Waals surface area (Å²) in [6.07, 6.45) is 7.09. The van der Waals surface area contributed by atoms with Gasteiger partial charge in [-0.2, -0.15) is 5.26 Å². The van der Waals surface area contributed by atoms with Crippen LogP contribution in [0.25, 0.3) is 10.9 Å². The number of amides is 1. The summed E-state index contributed by atoms with van der Waals surface area (Å²) in [6, 6.07) is 10.7. The number of nitriles is 1. The minimum absolute atomic E-state index is 0.0404. The topological polar surface area (TPSA) is 129 Å². The number of benzene rings is 1. The number of aromatic nitrogens is 4. The van der Waals surface area contributed by atoms with Crippen molar-refractivity contribution >= 4 is 45.5 Å². The Kier molecular flexibility index (Phi) is 6.62. The molecular formula is C30H29ClN8O2. The Hall–Kier alpha value is -4.49. The van der Waals surface area contributed by atoms with Gasteiger partial charge in [-0.15, -0.1) is 0 Å². The van der Waals surface area contributed by atoms with Crippen LogP contribution in [0, 0.1) is 11.3 Å². The van der Waals surface area contributed by atoms with Gasteiger partial charge in [0.1, 0.15) is 22.5 Å². The van der Waals surface area contributed by atoms with E-state index in [1.165, 1.54) is 12.8 Å². The number of hydrogen-bond acceptors (Lipinski definition) is 8. The highest BCUT2D eigenvalue weighted by molar-refractivity contribution is 6.31. The Balaban J connectivity index is 1.36. The highest BCUT2D eigenvalue weighted by Gasteiger charge is 2.28. The molecule has 0 bridgehead atoms. The third-order valence-electron chi connectivity index (χ3n) is 7.70. The molecule has 0 spiro atoms. The molecule has 1 aliphatic carbocycles. The van der Waals surface area contributed by atoms with Gasteiger partial charge in [0.25, 0.3) is 11.5 Å². The van der Waals surface area contributed by atoms with Crippen LogP contribution in [-0.4, -0.2) is 43.4 Å². The summed E-state index contributed by atoms with van der Waals surface area (Å²) in [5, 5.41) is 17.2. The molecule has 10 nitrogen and oxygen atoms in total. The molecule has 208 valence electrons. The van der Waals surface area contributed by atoms with Gasteiger partial charge in [0.05, 0.1) is 16.7 Å². The summed E-state index contributed by atoms with van der Waals surface area (Å²) >= 11 is 6.33. The predicted octanol–water partition coefficient (Wildman–Crippen LogP) is 5.06. The van der Waals surface area contributed by atoms with E-state index in [2.05, 4.69) is 31.7 Å². The van der Waals surface area contributed by atoms with Gasteiger partial charge in [-0.05, 0) is 68.9 Å². The normalized spacial score (nSPS) is 14.9. The van der Waals surface area contributed by atoms with Crippen molar-refractivity contribution in [3.63, 3.8) is 0 Å². The van der Waals surface area contributed by atoms with Gasteiger partial charge in [-0.3, -0.25) is 9.59 Å². The van der Waals surface area contributed by atoms with E-state index in [9.17, 15) is 14.9 Å². The summed E-state index contributed by atoms with van der Waals surface area (Å²) in [5.41, 5.74) is 2.98. The molecule has 4 aromatic rings. The molecule has 0 radical (unpaired) electrons. The van der Waals surface area contributed by atoms with Gasteiger partial charge < -0.3 is 20.1 Å². The van der Waals surface area contributed by atoms with Gasteiger partial charge in [0.15, 0.2) is 5.82 Å². The third kappa shape index (κ3) is 5.09. The van der Waals surface area contributed by atoms with E-state index in [0.29, 0.717) is 47.4 Å². The zero-order valence-corrected chi connectivity index (χ0v) is 23.8. The predicted molar refractivity (Wildman–Crippen MR) is 158 cm³/mol. The van der Waals surface area contributed by atoms with Gasteiger partial charge in [0, 0.05) is 55.4 Å². The average Bonchev–Trinajstić information content (AvgIpc) is 3.76. The summed E-state index contributed by atoms with van der Waals surface area (Å²) in [6.45, 7) is 5.29. The summed E-state index contributed by atoms with van der Waals surface area (Å²) in [4.78, 5) is 40.8. The Morgan fingerprint density at radius 3 is 2.49 bits per heavy atom. The Bertz CT molecular complexity index is 1780. The van der Waals surface area contributed by atoms with E-state index in [4.69, 9.17) is 11.6 Å². The first-order chi connectivity index (χ1) is 19.6. The van der Waals surface area contributed by atoms with Crippen molar-refractivity contribution in [1.82, 2.24) is 24.4 Å². The first kappa shape index (κ1) is 26.7. The van der Waals surface area contributed by atoms with Crippen LogP contribution in [0.5, 0.6) is 0 Å². The highest BCUT2D eigenvalue weighted by atomic mass is 35.5. The Morgan fingerprint density at radius 1 is 1.12 bits per heavy atom. The fourth-order valence-corrected chi connectivity index (χ4v) is 5.22. The standard InChI is InChI=1S/C30H29ClN8O2/c1-30(2,29-33-15-18(16-34-29)17-5-6-17)37-23-13-26(40)38(3)25-8-7-19(11-20(23)25)35-22-12-24(28(41)39-9-4-10-39)36-27(31)21(22)14-32/h7-8,11-13,15-17,37H,4-6,9-10H2,1-3H3,(H,35,36). The molecule has 11 heteroatoms. The van der Waals surface area contributed by atoms with Crippen LogP contribution in [0.2, 0.25) is 5.15 Å².